The van der Waals surface area contributed by atoms with Crippen LogP contribution in [0, 0.1) is 11.8 Å². The minimum absolute atomic E-state index is 0.202. The van der Waals surface area contributed by atoms with Gasteiger partial charge in [0.15, 0.2) is 18.5 Å². The van der Waals surface area contributed by atoms with E-state index in [1.165, 1.54) is 63.4 Å². The first-order valence-electron chi connectivity index (χ1n) is 13.3. The van der Waals surface area contributed by atoms with Crippen molar-refractivity contribution in [3.63, 3.8) is 0 Å². The standard InChI is InChI=1S/C28H42O6/c1-4-9-20-12-14-21(15-13-20)10-7-8-11-22-16-18-23(19-17-22)28-33-24(26(29)31-5-2)25(34-28)27(30)32-6-3/h16-21,24-25,28H,4-15H2,1-3H3/t20?,21?,24-,25-/m1/s1. The minimum Gasteiger partial charge on any atom is -0.464 e. The van der Waals surface area contributed by atoms with E-state index < -0.39 is 30.4 Å². The number of benzene rings is 1. The molecule has 0 radical (unpaired) electrons. The van der Waals surface area contributed by atoms with Crippen molar-refractivity contribution < 1.29 is 28.5 Å². The van der Waals surface area contributed by atoms with Gasteiger partial charge in [0, 0.05) is 5.56 Å². The number of aryl methyl sites for hydroxylation is 1. The van der Waals surface area contributed by atoms with Gasteiger partial charge in [0.1, 0.15) is 0 Å². The highest BCUT2D eigenvalue weighted by molar-refractivity contribution is 5.86. The van der Waals surface area contributed by atoms with Gasteiger partial charge < -0.3 is 18.9 Å². The molecule has 1 heterocycles. The maximum atomic E-state index is 12.3. The molecular formula is C28H42O6. The molecule has 6 nitrogen and oxygen atoms in total. The van der Waals surface area contributed by atoms with Crippen LogP contribution in [0.2, 0.25) is 0 Å². The van der Waals surface area contributed by atoms with Gasteiger partial charge >= 0.3 is 11.9 Å². The zero-order valence-electron chi connectivity index (χ0n) is 21.1. The number of hydrogen-bond acceptors (Lipinski definition) is 6. The highest BCUT2D eigenvalue weighted by Gasteiger charge is 2.47. The minimum atomic E-state index is -1.12. The number of carbonyl (C=O) groups is 2. The molecule has 3 rings (SSSR count). The van der Waals surface area contributed by atoms with Crippen LogP contribution in [-0.2, 0) is 35.0 Å². The van der Waals surface area contributed by atoms with Crippen molar-refractivity contribution in [2.24, 2.45) is 11.8 Å². The second-order valence-corrected chi connectivity index (χ2v) is 9.61. The first-order chi connectivity index (χ1) is 16.5. The Hall–Kier alpha value is -1.92. The predicted molar refractivity (Wildman–Crippen MR) is 130 cm³/mol. The molecule has 0 amide bonds. The van der Waals surface area contributed by atoms with Gasteiger partial charge in [0.05, 0.1) is 13.2 Å². The van der Waals surface area contributed by atoms with Crippen LogP contribution in [0.25, 0.3) is 0 Å². The molecule has 0 aromatic heterocycles. The fraction of sp³-hybridized carbons (Fsp3) is 0.714. The molecule has 0 N–H and O–H groups in total. The van der Waals surface area contributed by atoms with E-state index in [9.17, 15) is 9.59 Å². The molecule has 1 saturated heterocycles. The Morgan fingerprint density at radius 3 is 1.82 bits per heavy atom. The second-order valence-electron chi connectivity index (χ2n) is 9.61. The van der Waals surface area contributed by atoms with Crippen LogP contribution in [0.5, 0.6) is 0 Å². The van der Waals surface area contributed by atoms with Crippen molar-refractivity contribution in [1.82, 2.24) is 0 Å². The molecule has 1 aromatic carbocycles. The van der Waals surface area contributed by atoms with E-state index in [1.54, 1.807) is 13.8 Å². The van der Waals surface area contributed by atoms with Gasteiger partial charge in [-0.15, -0.1) is 0 Å². The highest BCUT2D eigenvalue weighted by Crippen LogP contribution is 2.35. The number of carbonyl (C=O) groups excluding carboxylic acids is 2. The third-order valence-electron chi connectivity index (χ3n) is 7.10. The number of ether oxygens (including phenoxy) is 4. The van der Waals surface area contributed by atoms with Crippen LogP contribution in [0.4, 0.5) is 0 Å². The molecule has 0 spiro atoms. The third kappa shape index (κ3) is 7.54. The number of unbranched alkanes of at least 4 members (excludes halogenated alkanes) is 1. The van der Waals surface area contributed by atoms with Crippen LogP contribution in [0.15, 0.2) is 24.3 Å². The van der Waals surface area contributed by atoms with Crippen LogP contribution in [-0.4, -0.2) is 37.4 Å². The molecule has 0 unspecified atom stereocenters. The van der Waals surface area contributed by atoms with Gasteiger partial charge in [0.2, 0.25) is 0 Å². The Morgan fingerprint density at radius 2 is 1.32 bits per heavy atom. The Balaban J connectivity index is 1.45. The summed E-state index contributed by atoms with van der Waals surface area (Å²) in [6, 6.07) is 8.06. The lowest BCUT2D eigenvalue weighted by molar-refractivity contribution is -0.163. The maximum absolute atomic E-state index is 12.3. The highest BCUT2D eigenvalue weighted by atomic mass is 16.8. The molecule has 2 fully saturated rings. The topological polar surface area (TPSA) is 71.1 Å². The molecule has 0 bridgehead atoms. The van der Waals surface area contributed by atoms with Crippen molar-refractivity contribution in [2.45, 2.75) is 103 Å². The normalized spacial score (nSPS) is 25.3. The van der Waals surface area contributed by atoms with Crippen LogP contribution < -0.4 is 0 Å². The summed E-state index contributed by atoms with van der Waals surface area (Å²) in [5.41, 5.74) is 2.05. The molecule has 190 valence electrons. The van der Waals surface area contributed by atoms with Gasteiger partial charge in [-0.25, -0.2) is 9.59 Å². The lowest BCUT2D eigenvalue weighted by Crippen LogP contribution is -2.39. The first kappa shape index (κ1) is 26.7. The van der Waals surface area contributed by atoms with Crippen molar-refractivity contribution in [3.05, 3.63) is 35.4 Å². The second kappa shape index (κ2) is 13.8. The number of esters is 2. The van der Waals surface area contributed by atoms with E-state index in [0.29, 0.717) is 0 Å². The largest absolute Gasteiger partial charge is 0.464 e. The van der Waals surface area contributed by atoms with Crippen molar-refractivity contribution >= 4 is 11.9 Å². The van der Waals surface area contributed by atoms with E-state index in [0.717, 1.165) is 23.8 Å². The van der Waals surface area contributed by atoms with E-state index in [2.05, 4.69) is 19.1 Å². The van der Waals surface area contributed by atoms with Gasteiger partial charge in [-0.1, -0.05) is 82.6 Å². The van der Waals surface area contributed by atoms with E-state index in [4.69, 9.17) is 18.9 Å². The molecule has 34 heavy (non-hydrogen) atoms. The molecule has 1 aliphatic heterocycles. The summed E-state index contributed by atoms with van der Waals surface area (Å²) >= 11 is 0. The van der Waals surface area contributed by atoms with Crippen molar-refractivity contribution in [1.29, 1.82) is 0 Å². The summed E-state index contributed by atoms with van der Waals surface area (Å²) < 4.78 is 21.6. The molecule has 6 heteroatoms. The zero-order chi connectivity index (χ0) is 24.3. The quantitative estimate of drug-likeness (QED) is 0.277. The average Bonchev–Trinajstić information content (AvgIpc) is 3.30. The number of hydrogen-bond donors (Lipinski definition) is 0. The van der Waals surface area contributed by atoms with Crippen LogP contribution in [0.3, 0.4) is 0 Å². The molecule has 2 atom stereocenters. The first-order valence-corrected chi connectivity index (χ1v) is 13.3. The monoisotopic (exact) mass is 474 g/mol. The molecule has 1 saturated carbocycles. The Kier molecular flexibility index (Phi) is 10.9. The average molecular weight is 475 g/mol. The summed E-state index contributed by atoms with van der Waals surface area (Å²) in [6.07, 6.45) is 10.3. The summed E-state index contributed by atoms with van der Waals surface area (Å²) in [5, 5.41) is 0. The smallest absolute Gasteiger partial charge is 0.338 e. The maximum Gasteiger partial charge on any atom is 0.338 e. The Morgan fingerprint density at radius 1 is 0.794 bits per heavy atom. The molecular weight excluding hydrogens is 432 g/mol. The lowest BCUT2D eigenvalue weighted by Gasteiger charge is -2.28. The fourth-order valence-corrected chi connectivity index (χ4v) is 5.23. The third-order valence-corrected chi connectivity index (χ3v) is 7.10. The zero-order valence-corrected chi connectivity index (χ0v) is 21.1. The predicted octanol–water partition coefficient (Wildman–Crippen LogP) is 5.91. The molecule has 1 aliphatic carbocycles. The van der Waals surface area contributed by atoms with E-state index >= 15 is 0 Å². The van der Waals surface area contributed by atoms with Crippen molar-refractivity contribution in [2.75, 3.05) is 13.2 Å². The van der Waals surface area contributed by atoms with Gasteiger partial charge in [0.25, 0.3) is 0 Å². The number of rotatable bonds is 12. The van der Waals surface area contributed by atoms with Gasteiger partial charge in [-0.05, 0) is 44.1 Å². The van der Waals surface area contributed by atoms with E-state index in [-0.39, 0.29) is 13.2 Å². The van der Waals surface area contributed by atoms with Crippen molar-refractivity contribution in [3.8, 4) is 0 Å². The summed E-state index contributed by atoms with van der Waals surface area (Å²) in [5.74, 6) is 0.677. The SMILES string of the molecule is CCCC1CCC(CCCCc2ccc(C3O[C@@H](C(=O)OCC)[C@H](C(=O)OCC)O3)cc2)CC1. The van der Waals surface area contributed by atoms with E-state index in [1.807, 2.05) is 12.1 Å². The Labute approximate surface area is 204 Å². The summed E-state index contributed by atoms with van der Waals surface area (Å²) in [4.78, 5) is 24.5. The van der Waals surface area contributed by atoms with Gasteiger partial charge in [-0.2, -0.15) is 0 Å². The Bertz CT molecular complexity index is 727. The fourth-order valence-electron chi connectivity index (χ4n) is 5.23. The summed E-state index contributed by atoms with van der Waals surface area (Å²) in [6.45, 7) is 6.12. The summed E-state index contributed by atoms with van der Waals surface area (Å²) in [7, 11) is 0. The van der Waals surface area contributed by atoms with Crippen LogP contribution in [0.1, 0.15) is 96.0 Å². The van der Waals surface area contributed by atoms with Crippen LogP contribution >= 0.6 is 0 Å². The molecule has 2 aliphatic rings. The molecule has 1 aromatic rings. The lowest BCUT2D eigenvalue weighted by atomic mass is 9.78. The van der Waals surface area contributed by atoms with Gasteiger partial charge in [-0.3, -0.25) is 0 Å².